The average Bonchev–Trinajstić information content (AvgIpc) is 3.43. The Labute approximate surface area is 248 Å². The Morgan fingerprint density at radius 3 is 2.02 bits per heavy atom. The van der Waals surface area contributed by atoms with Gasteiger partial charge in [-0.15, -0.1) is 0 Å². The van der Waals surface area contributed by atoms with E-state index in [1.54, 1.807) is 20.8 Å². The molecule has 0 spiro atoms. The van der Waals surface area contributed by atoms with Crippen molar-refractivity contribution in [1.82, 2.24) is 4.90 Å². The summed E-state index contributed by atoms with van der Waals surface area (Å²) < 4.78 is 28.0. The zero-order valence-corrected chi connectivity index (χ0v) is 25.3. The summed E-state index contributed by atoms with van der Waals surface area (Å²) in [4.78, 5) is 14.0. The standard InChI is InChI=1S/C34H41NO7/c1-7-29(25-12-17-30-31(18-25)41-22-40-30)32(23-8-13-27(14-9-23)38-20-26(36)19-35(5)6)24-10-15-28(16-11-24)39-21-42-33(37)34(2,3)4/h8-18,26,36H,7,19-22H2,1-6H3. The van der Waals surface area contributed by atoms with Crippen LogP contribution in [0.2, 0.25) is 0 Å². The first-order valence-corrected chi connectivity index (χ1v) is 14.1. The van der Waals surface area contributed by atoms with E-state index in [1.165, 1.54) is 0 Å². The molecule has 0 amide bonds. The lowest BCUT2D eigenvalue weighted by Crippen LogP contribution is -2.30. The molecular formula is C34H41NO7. The number of fused-ring (bicyclic) bond motifs is 1. The minimum Gasteiger partial charge on any atom is -0.491 e. The Morgan fingerprint density at radius 1 is 0.881 bits per heavy atom. The topological polar surface area (TPSA) is 86.7 Å². The van der Waals surface area contributed by atoms with Crippen LogP contribution in [-0.4, -0.2) is 62.9 Å². The number of esters is 1. The van der Waals surface area contributed by atoms with Gasteiger partial charge < -0.3 is 33.7 Å². The number of hydrogen-bond acceptors (Lipinski definition) is 8. The van der Waals surface area contributed by atoms with Gasteiger partial charge in [-0.2, -0.15) is 0 Å². The minimum absolute atomic E-state index is 0.153. The third-order valence-electron chi connectivity index (χ3n) is 6.71. The lowest BCUT2D eigenvalue weighted by atomic mass is 9.88. The number of aliphatic hydroxyl groups is 1. The van der Waals surface area contributed by atoms with E-state index in [1.807, 2.05) is 79.7 Å². The van der Waals surface area contributed by atoms with Gasteiger partial charge in [0.2, 0.25) is 13.6 Å². The molecule has 0 aliphatic carbocycles. The van der Waals surface area contributed by atoms with Gasteiger partial charge in [-0.25, -0.2) is 0 Å². The van der Waals surface area contributed by atoms with Crippen molar-refractivity contribution in [3.8, 4) is 23.0 Å². The van der Waals surface area contributed by atoms with Crippen LogP contribution in [0.5, 0.6) is 23.0 Å². The zero-order valence-electron chi connectivity index (χ0n) is 25.3. The molecule has 1 unspecified atom stereocenters. The van der Waals surface area contributed by atoms with E-state index in [0.717, 1.165) is 45.8 Å². The minimum atomic E-state index is -0.592. The quantitative estimate of drug-likeness (QED) is 0.160. The molecule has 0 bridgehead atoms. The van der Waals surface area contributed by atoms with Gasteiger partial charge in [0.1, 0.15) is 24.2 Å². The van der Waals surface area contributed by atoms with E-state index in [9.17, 15) is 9.90 Å². The van der Waals surface area contributed by atoms with E-state index in [-0.39, 0.29) is 26.2 Å². The highest BCUT2D eigenvalue weighted by Crippen LogP contribution is 2.40. The Morgan fingerprint density at radius 2 is 1.45 bits per heavy atom. The van der Waals surface area contributed by atoms with Crippen molar-refractivity contribution < 1.29 is 33.6 Å². The number of carbonyl (C=O) groups excluding carboxylic acids is 1. The number of nitrogens with zero attached hydrogens (tertiary/aromatic N) is 1. The second kappa shape index (κ2) is 13.8. The number of benzene rings is 3. The van der Waals surface area contributed by atoms with Gasteiger partial charge in [0, 0.05) is 6.54 Å². The maximum atomic E-state index is 12.1. The molecule has 1 atom stereocenters. The molecule has 0 fully saturated rings. The third-order valence-corrected chi connectivity index (χ3v) is 6.71. The summed E-state index contributed by atoms with van der Waals surface area (Å²) in [6.45, 7) is 8.34. The molecule has 3 aromatic rings. The Balaban J connectivity index is 1.62. The van der Waals surface area contributed by atoms with Crippen molar-refractivity contribution in [3.63, 3.8) is 0 Å². The number of ether oxygens (including phenoxy) is 5. The molecule has 0 radical (unpaired) electrons. The Kier molecular flexibility index (Phi) is 10.1. The fourth-order valence-electron chi connectivity index (χ4n) is 4.59. The van der Waals surface area contributed by atoms with Gasteiger partial charge >= 0.3 is 5.97 Å². The summed E-state index contributed by atoms with van der Waals surface area (Å²) in [6, 6.07) is 21.7. The molecule has 4 rings (SSSR count). The molecule has 1 aliphatic rings. The first-order valence-electron chi connectivity index (χ1n) is 14.1. The summed E-state index contributed by atoms with van der Waals surface area (Å²) >= 11 is 0. The van der Waals surface area contributed by atoms with Crippen molar-refractivity contribution in [1.29, 1.82) is 0 Å². The highest BCUT2D eigenvalue weighted by atomic mass is 16.7. The summed E-state index contributed by atoms with van der Waals surface area (Å²) in [5.41, 5.74) is 4.65. The van der Waals surface area contributed by atoms with Gasteiger partial charge in [-0.1, -0.05) is 37.3 Å². The van der Waals surface area contributed by atoms with Crippen molar-refractivity contribution in [2.24, 2.45) is 5.41 Å². The van der Waals surface area contributed by atoms with E-state index in [2.05, 4.69) is 13.0 Å². The number of likely N-dealkylation sites (N-methyl/N-ethyl adjacent to an activating group) is 1. The maximum absolute atomic E-state index is 12.1. The van der Waals surface area contributed by atoms with Gasteiger partial charge in [-0.05, 0) is 106 Å². The fourth-order valence-corrected chi connectivity index (χ4v) is 4.59. The lowest BCUT2D eigenvalue weighted by Gasteiger charge is -2.19. The molecule has 0 saturated heterocycles. The average molecular weight is 576 g/mol. The molecule has 8 heteroatoms. The normalized spacial score (nSPS) is 13.9. The highest BCUT2D eigenvalue weighted by Gasteiger charge is 2.23. The zero-order chi connectivity index (χ0) is 30.3. The van der Waals surface area contributed by atoms with Crippen LogP contribution in [-0.2, 0) is 9.53 Å². The van der Waals surface area contributed by atoms with Gasteiger partial charge in [0.15, 0.2) is 11.5 Å². The van der Waals surface area contributed by atoms with Crippen LogP contribution in [0.1, 0.15) is 50.8 Å². The SMILES string of the molecule is CCC(=C(c1ccc(OCOC(=O)C(C)(C)C)cc1)c1ccc(OCC(O)CN(C)C)cc1)c1ccc2c(c1)OCO2. The predicted molar refractivity (Wildman–Crippen MR) is 163 cm³/mol. The van der Waals surface area contributed by atoms with Gasteiger partial charge in [0.25, 0.3) is 0 Å². The molecule has 1 aliphatic heterocycles. The molecule has 8 nitrogen and oxygen atoms in total. The molecule has 1 N–H and O–H groups in total. The third kappa shape index (κ3) is 8.05. The van der Waals surface area contributed by atoms with Gasteiger partial charge in [0.05, 0.1) is 5.41 Å². The van der Waals surface area contributed by atoms with Crippen molar-refractivity contribution in [3.05, 3.63) is 83.4 Å². The first kappa shape index (κ1) is 30.9. The largest absolute Gasteiger partial charge is 0.491 e. The summed E-state index contributed by atoms with van der Waals surface area (Å²) in [6.07, 6.45) is 0.191. The second-order valence-corrected chi connectivity index (χ2v) is 11.5. The van der Waals surface area contributed by atoms with Crippen LogP contribution >= 0.6 is 0 Å². The molecule has 1 heterocycles. The summed E-state index contributed by atoms with van der Waals surface area (Å²) in [5.74, 6) is 2.43. The van der Waals surface area contributed by atoms with E-state index in [0.29, 0.717) is 18.0 Å². The van der Waals surface area contributed by atoms with Crippen molar-refractivity contribution in [2.75, 3.05) is 40.8 Å². The van der Waals surface area contributed by atoms with E-state index >= 15 is 0 Å². The van der Waals surface area contributed by atoms with Crippen LogP contribution in [0.3, 0.4) is 0 Å². The molecular weight excluding hydrogens is 534 g/mol. The number of hydrogen-bond donors (Lipinski definition) is 1. The van der Waals surface area contributed by atoms with E-state index in [4.69, 9.17) is 23.7 Å². The van der Waals surface area contributed by atoms with Crippen molar-refractivity contribution >= 4 is 17.1 Å². The molecule has 0 saturated carbocycles. The van der Waals surface area contributed by atoms with Crippen molar-refractivity contribution in [2.45, 2.75) is 40.2 Å². The van der Waals surface area contributed by atoms with Crippen LogP contribution in [0.4, 0.5) is 0 Å². The maximum Gasteiger partial charge on any atom is 0.314 e. The Hall–Kier alpha value is -4.01. The number of rotatable bonds is 12. The number of aliphatic hydroxyl groups excluding tert-OH is 1. The number of carbonyl (C=O) groups is 1. The molecule has 224 valence electrons. The summed E-state index contributed by atoms with van der Waals surface area (Å²) in [5, 5.41) is 10.2. The predicted octanol–water partition coefficient (Wildman–Crippen LogP) is 6.01. The number of allylic oxidation sites excluding steroid dienone is 1. The van der Waals surface area contributed by atoms with Crippen LogP contribution in [0.25, 0.3) is 11.1 Å². The fraction of sp³-hybridized carbons (Fsp3) is 0.382. The summed E-state index contributed by atoms with van der Waals surface area (Å²) in [7, 11) is 3.83. The molecule has 0 aromatic heterocycles. The molecule has 3 aromatic carbocycles. The van der Waals surface area contributed by atoms with Crippen LogP contribution in [0.15, 0.2) is 66.7 Å². The van der Waals surface area contributed by atoms with Crippen LogP contribution in [0, 0.1) is 5.41 Å². The lowest BCUT2D eigenvalue weighted by molar-refractivity contribution is -0.159. The second-order valence-electron chi connectivity index (χ2n) is 11.5. The Bertz CT molecular complexity index is 1370. The molecule has 42 heavy (non-hydrogen) atoms. The van der Waals surface area contributed by atoms with Crippen LogP contribution < -0.4 is 18.9 Å². The van der Waals surface area contributed by atoms with E-state index < -0.39 is 11.5 Å². The van der Waals surface area contributed by atoms with Gasteiger partial charge in [-0.3, -0.25) is 4.79 Å². The monoisotopic (exact) mass is 575 g/mol. The first-order chi connectivity index (χ1) is 20.0. The smallest absolute Gasteiger partial charge is 0.314 e. The highest BCUT2D eigenvalue weighted by molar-refractivity contribution is 5.99.